The van der Waals surface area contributed by atoms with E-state index >= 15 is 0 Å². The monoisotopic (exact) mass is 527 g/mol. The number of unbranched alkanes of at least 4 members (excludes halogenated alkanes) is 1. The van der Waals surface area contributed by atoms with Crippen LogP contribution in [0.3, 0.4) is 0 Å². The minimum absolute atomic E-state index is 0.499. The fraction of sp³-hybridized carbons (Fsp3) is 0.382. The maximum Gasteiger partial charge on any atom is 0.140 e. The predicted octanol–water partition coefficient (Wildman–Crippen LogP) is 8.88. The molecule has 5 rings (SSSR count). The number of nitrogens with zero attached hydrogens (tertiary/aromatic N) is 3. The van der Waals surface area contributed by atoms with E-state index < -0.39 is 11.6 Å². The Bertz CT molecular complexity index is 1310. The Morgan fingerprint density at radius 1 is 0.821 bits per heavy atom. The molecule has 1 heterocycles. The molecule has 1 aliphatic rings. The SMILES string of the molecule is CCCCn1c(-c2ccccc2)nc(-c2ccccc2)c1CN(Cc1cc(F)cc(F)c1)CC1CCCCC1. The molecule has 0 spiro atoms. The Balaban J connectivity index is 1.58. The molecule has 5 heteroatoms. The molecule has 0 unspecified atom stereocenters. The zero-order valence-corrected chi connectivity index (χ0v) is 23.0. The van der Waals surface area contributed by atoms with Crippen molar-refractivity contribution in [3.8, 4) is 22.6 Å². The van der Waals surface area contributed by atoms with Crippen LogP contribution in [0.1, 0.15) is 63.1 Å². The molecule has 4 aromatic rings. The van der Waals surface area contributed by atoms with Crippen molar-refractivity contribution in [2.75, 3.05) is 6.54 Å². The van der Waals surface area contributed by atoms with Gasteiger partial charge in [0, 0.05) is 43.4 Å². The van der Waals surface area contributed by atoms with E-state index in [0.717, 1.165) is 54.6 Å². The molecule has 3 nitrogen and oxygen atoms in total. The van der Waals surface area contributed by atoms with Crippen molar-refractivity contribution < 1.29 is 8.78 Å². The van der Waals surface area contributed by atoms with E-state index in [0.29, 0.717) is 24.6 Å². The van der Waals surface area contributed by atoms with E-state index in [4.69, 9.17) is 4.98 Å². The van der Waals surface area contributed by atoms with Gasteiger partial charge in [0.1, 0.15) is 17.5 Å². The minimum atomic E-state index is -0.521. The first-order valence-electron chi connectivity index (χ1n) is 14.5. The van der Waals surface area contributed by atoms with Gasteiger partial charge in [-0.3, -0.25) is 4.90 Å². The van der Waals surface area contributed by atoms with E-state index in [9.17, 15) is 8.78 Å². The van der Waals surface area contributed by atoms with Crippen molar-refractivity contribution in [3.05, 3.63) is 102 Å². The van der Waals surface area contributed by atoms with Crippen LogP contribution in [0.2, 0.25) is 0 Å². The van der Waals surface area contributed by atoms with Crippen LogP contribution >= 0.6 is 0 Å². The third-order valence-electron chi connectivity index (χ3n) is 7.83. The molecular formula is C34H39F2N3. The lowest BCUT2D eigenvalue weighted by Gasteiger charge is -2.30. The van der Waals surface area contributed by atoms with E-state index in [1.165, 1.54) is 49.9 Å². The lowest BCUT2D eigenvalue weighted by atomic mass is 9.89. The Morgan fingerprint density at radius 3 is 2.10 bits per heavy atom. The summed E-state index contributed by atoms with van der Waals surface area (Å²) in [5.74, 6) is 0.532. The third-order valence-corrected chi connectivity index (χ3v) is 7.83. The third kappa shape index (κ3) is 7.02. The largest absolute Gasteiger partial charge is 0.326 e. The molecule has 0 atom stereocenters. The number of hydrogen-bond acceptors (Lipinski definition) is 2. The van der Waals surface area contributed by atoms with Crippen LogP contribution in [-0.4, -0.2) is 21.0 Å². The maximum absolute atomic E-state index is 14.2. The molecular weight excluding hydrogens is 488 g/mol. The maximum atomic E-state index is 14.2. The predicted molar refractivity (Wildman–Crippen MR) is 155 cm³/mol. The normalized spacial score (nSPS) is 14.3. The van der Waals surface area contributed by atoms with Crippen LogP contribution in [0.5, 0.6) is 0 Å². The van der Waals surface area contributed by atoms with Gasteiger partial charge in [0.2, 0.25) is 0 Å². The van der Waals surface area contributed by atoms with E-state index in [-0.39, 0.29) is 0 Å². The number of rotatable bonds is 11. The summed E-state index contributed by atoms with van der Waals surface area (Å²) in [4.78, 5) is 7.65. The average Bonchev–Trinajstić information content (AvgIpc) is 3.30. The van der Waals surface area contributed by atoms with Crippen molar-refractivity contribution in [2.45, 2.75) is 71.5 Å². The summed E-state index contributed by atoms with van der Waals surface area (Å²) >= 11 is 0. The second kappa shape index (κ2) is 13.2. The van der Waals surface area contributed by atoms with Crippen molar-refractivity contribution in [1.82, 2.24) is 14.5 Å². The first-order chi connectivity index (χ1) is 19.1. The Kier molecular flexibility index (Phi) is 9.20. The van der Waals surface area contributed by atoms with E-state index in [1.54, 1.807) is 0 Å². The summed E-state index contributed by atoms with van der Waals surface area (Å²) in [5.41, 5.74) is 5.02. The molecule has 0 radical (unpaired) electrons. The highest BCUT2D eigenvalue weighted by molar-refractivity contribution is 5.68. The number of aromatic nitrogens is 2. The van der Waals surface area contributed by atoms with Gasteiger partial charge in [-0.15, -0.1) is 0 Å². The van der Waals surface area contributed by atoms with Gasteiger partial charge in [-0.1, -0.05) is 93.3 Å². The Labute approximate surface area is 231 Å². The molecule has 0 saturated heterocycles. The average molecular weight is 528 g/mol. The first-order valence-corrected chi connectivity index (χ1v) is 14.5. The molecule has 0 amide bonds. The van der Waals surface area contributed by atoms with Gasteiger partial charge in [-0.25, -0.2) is 13.8 Å². The lowest BCUT2D eigenvalue weighted by Crippen LogP contribution is -2.31. The molecule has 1 aromatic heterocycles. The van der Waals surface area contributed by atoms with E-state index in [1.807, 2.05) is 12.1 Å². The standard InChI is InChI=1S/C34H39F2N3/c1-2-3-19-39-32(33(28-15-9-5-10-16-28)37-34(39)29-17-11-6-12-18-29)25-38(23-26-13-7-4-8-14-26)24-27-20-30(35)22-31(36)21-27/h5-6,9-12,15-18,20-22,26H,2-4,7-8,13-14,19,23-25H2,1H3. The van der Waals surface area contributed by atoms with Crippen molar-refractivity contribution in [3.63, 3.8) is 0 Å². The number of halogens is 2. The van der Waals surface area contributed by atoms with Crippen LogP contribution in [-0.2, 0) is 19.6 Å². The highest BCUT2D eigenvalue weighted by atomic mass is 19.1. The summed E-state index contributed by atoms with van der Waals surface area (Å²) < 4.78 is 30.7. The fourth-order valence-corrected chi connectivity index (χ4v) is 5.93. The number of imidazole rings is 1. The quantitative estimate of drug-likeness (QED) is 0.194. The van der Waals surface area contributed by atoms with Crippen LogP contribution in [0.15, 0.2) is 78.9 Å². The van der Waals surface area contributed by atoms with Gasteiger partial charge >= 0.3 is 0 Å². The minimum Gasteiger partial charge on any atom is -0.326 e. The van der Waals surface area contributed by atoms with Crippen molar-refractivity contribution in [2.24, 2.45) is 5.92 Å². The second-order valence-corrected chi connectivity index (χ2v) is 10.9. The highest BCUT2D eigenvalue weighted by Gasteiger charge is 2.24. The van der Waals surface area contributed by atoms with E-state index in [2.05, 4.69) is 64.9 Å². The van der Waals surface area contributed by atoms with Gasteiger partial charge < -0.3 is 4.57 Å². The van der Waals surface area contributed by atoms with Crippen molar-refractivity contribution in [1.29, 1.82) is 0 Å². The smallest absolute Gasteiger partial charge is 0.140 e. The Morgan fingerprint density at radius 2 is 1.46 bits per heavy atom. The van der Waals surface area contributed by atoms with Gasteiger partial charge in [-0.05, 0) is 42.9 Å². The molecule has 3 aromatic carbocycles. The lowest BCUT2D eigenvalue weighted by molar-refractivity contribution is 0.183. The number of hydrogen-bond donors (Lipinski definition) is 0. The molecule has 204 valence electrons. The summed E-state index contributed by atoms with van der Waals surface area (Å²) in [6.45, 7) is 5.17. The van der Waals surface area contributed by atoms with Gasteiger partial charge in [-0.2, -0.15) is 0 Å². The Hall–Kier alpha value is -3.31. The molecule has 0 aliphatic heterocycles. The zero-order valence-electron chi connectivity index (χ0n) is 23.0. The summed E-state index contributed by atoms with van der Waals surface area (Å²) in [7, 11) is 0. The van der Waals surface area contributed by atoms with Gasteiger partial charge in [0.25, 0.3) is 0 Å². The molecule has 0 N–H and O–H groups in total. The topological polar surface area (TPSA) is 21.1 Å². The second-order valence-electron chi connectivity index (χ2n) is 10.9. The van der Waals surface area contributed by atoms with Crippen molar-refractivity contribution >= 4 is 0 Å². The number of benzene rings is 3. The van der Waals surface area contributed by atoms with Crippen LogP contribution in [0, 0.1) is 17.6 Å². The first kappa shape index (κ1) is 27.3. The van der Waals surface area contributed by atoms with Crippen LogP contribution in [0.25, 0.3) is 22.6 Å². The van der Waals surface area contributed by atoms with Gasteiger partial charge in [0.05, 0.1) is 11.4 Å². The molecule has 1 fully saturated rings. The van der Waals surface area contributed by atoms with Crippen LogP contribution < -0.4 is 0 Å². The molecule has 1 aliphatic carbocycles. The molecule has 1 saturated carbocycles. The van der Waals surface area contributed by atoms with Gasteiger partial charge in [0.15, 0.2) is 0 Å². The van der Waals surface area contributed by atoms with Crippen LogP contribution in [0.4, 0.5) is 8.78 Å². The molecule has 39 heavy (non-hydrogen) atoms. The highest BCUT2D eigenvalue weighted by Crippen LogP contribution is 2.32. The fourth-order valence-electron chi connectivity index (χ4n) is 5.93. The summed E-state index contributed by atoms with van der Waals surface area (Å²) in [6, 6.07) is 24.7. The molecule has 0 bridgehead atoms. The zero-order chi connectivity index (χ0) is 27.0. The summed E-state index contributed by atoms with van der Waals surface area (Å²) in [5, 5.41) is 0. The summed E-state index contributed by atoms with van der Waals surface area (Å²) in [6.07, 6.45) is 8.38.